The van der Waals surface area contributed by atoms with Gasteiger partial charge in [-0.3, -0.25) is 0 Å². The van der Waals surface area contributed by atoms with Crippen molar-refractivity contribution < 1.29 is 13.2 Å². The molecule has 0 aliphatic carbocycles. The number of hydrogen-bond donors (Lipinski definition) is 1. The zero-order valence-corrected chi connectivity index (χ0v) is 12.1. The number of rotatable bonds is 3. The summed E-state index contributed by atoms with van der Waals surface area (Å²) in [6, 6.07) is 0. The summed E-state index contributed by atoms with van der Waals surface area (Å²) in [5.74, 6) is 0.854. The van der Waals surface area contributed by atoms with E-state index in [9.17, 15) is 13.2 Å². The van der Waals surface area contributed by atoms with Crippen LogP contribution in [-0.2, 0) is 5.41 Å². The Kier molecular flexibility index (Phi) is 4.66. The highest BCUT2D eigenvalue weighted by Gasteiger charge is 2.27. The molecule has 0 amide bonds. The van der Waals surface area contributed by atoms with Gasteiger partial charge in [0.25, 0.3) is 0 Å². The number of nitrogens with zero attached hydrogens (tertiary/aromatic N) is 2. The maximum Gasteiger partial charge on any atom is 0.390 e. The van der Waals surface area contributed by atoms with Gasteiger partial charge in [-0.15, -0.1) is 0 Å². The van der Waals surface area contributed by atoms with Crippen molar-refractivity contribution in [3.8, 4) is 0 Å². The van der Waals surface area contributed by atoms with Gasteiger partial charge in [0.05, 0.1) is 6.42 Å². The first-order chi connectivity index (χ1) is 8.50. The lowest BCUT2D eigenvalue weighted by atomic mass is 9.95. The Hall–Kier alpha value is -1.04. The molecule has 7 heteroatoms. The third-order valence-electron chi connectivity index (χ3n) is 2.46. The Labute approximate surface area is 115 Å². The number of hydrogen-bond acceptors (Lipinski definition) is 3. The van der Waals surface area contributed by atoms with Crippen molar-refractivity contribution in [2.75, 3.05) is 11.9 Å². The maximum atomic E-state index is 12.1. The highest BCUT2D eigenvalue weighted by atomic mass is 35.5. The first kappa shape index (κ1) is 16.0. The fraction of sp³-hybridized carbons (Fsp3) is 0.667. The van der Waals surface area contributed by atoms with Gasteiger partial charge in [-0.2, -0.15) is 13.2 Å². The lowest BCUT2D eigenvalue weighted by Gasteiger charge is -2.19. The minimum atomic E-state index is -4.19. The first-order valence-electron chi connectivity index (χ1n) is 5.86. The van der Waals surface area contributed by atoms with E-state index in [-0.39, 0.29) is 17.1 Å². The molecule has 1 heterocycles. The summed E-state index contributed by atoms with van der Waals surface area (Å²) in [5.41, 5.74) is 0.231. The van der Waals surface area contributed by atoms with Gasteiger partial charge in [0, 0.05) is 17.5 Å². The van der Waals surface area contributed by atoms with Gasteiger partial charge in [0.2, 0.25) is 0 Å². The van der Waals surface area contributed by atoms with Crippen molar-refractivity contribution in [1.82, 2.24) is 9.97 Å². The van der Waals surface area contributed by atoms with Crippen LogP contribution in [0.25, 0.3) is 0 Å². The molecular formula is C12H17ClF3N3. The summed E-state index contributed by atoms with van der Waals surface area (Å²) in [6.45, 7) is 7.17. The van der Waals surface area contributed by atoms with Crippen molar-refractivity contribution in [2.24, 2.45) is 0 Å². The van der Waals surface area contributed by atoms with Gasteiger partial charge in [-0.1, -0.05) is 32.4 Å². The topological polar surface area (TPSA) is 37.8 Å². The third-order valence-corrected chi connectivity index (χ3v) is 2.83. The predicted molar refractivity (Wildman–Crippen MR) is 69.6 cm³/mol. The fourth-order valence-electron chi connectivity index (χ4n) is 1.32. The molecule has 0 radical (unpaired) electrons. The van der Waals surface area contributed by atoms with Crippen molar-refractivity contribution >= 4 is 17.4 Å². The highest BCUT2D eigenvalue weighted by molar-refractivity contribution is 6.30. The van der Waals surface area contributed by atoms with Crippen LogP contribution in [0.3, 0.4) is 0 Å². The van der Waals surface area contributed by atoms with Crippen LogP contribution in [-0.4, -0.2) is 22.7 Å². The average Bonchev–Trinajstić information content (AvgIpc) is 2.20. The number of nitrogens with one attached hydrogen (secondary N) is 1. The Balaban J connectivity index is 2.91. The van der Waals surface area contributed by atoms with Crippen LogP contribution < -0.4 is 5.32 Å². The van der Waals surface area contributed by atoms with E-state index >= 15 is 0 Å². The summed E-state index contributed by atoms with van der Waals surface area (Å²) in [5, 5.41) is 2.93. The lowest BCUT2D eigenvalue weighted by molar-refractivity contribution is -0.131. The second-order valence-electron chi connectivity index (χ2n) is 5.35. The van der Waals surface area contributed by atoms with Gasteiger partial charge >= 0.3 is 6.18 Å². The Morgan fingerprint density at radius 2 is 1.74 bits per heavy atom. The largest absolute Gasteiger partial charge is 0.390 e. The SMILES string of the molecule is Cc1c(Cl)nc(C(C)(C)C)nc1NCCC(F)(F)F. The van der Waals surface area contributed by atoms with Gasteiger partial charge in [0.15, 0.2) is 0 Å². The molecule has 0 spiro atoms. The molecule has 0 aromatic carbocycles. The molecular weight excluding hydrogens is 279 g/mol. The summed E-state index contributed by atoms with van der Waals surface area (Å²) in [4.78, 5) is 8.40. The van der Waals surface area contributed by atoms with E-state index in [0.717, 1.165) is 0 Å². The van der Waals surface area contributed by atoms with Gasteiger partial charge in [0.1, 0.15) is 16.8 Å². The molecule has 1 rings (SSSR count). The van der Waals surface area contributed by atoms with Crippen LogP contribution in [0.2, 0.25) is 5.15 Å². The lowest BCUT2D eigenvalue weighted by Crippen LogP contribution is -2.20. The van der Waals surface area contributed by atoms with Gasteiger partial charge in [-0.05, 0) is 6.92 Å². The maximum absolute atomic E-state index is 12.1. The second-order valence-corrected chi connectivity index (χ2v) is 5.71. The van der Waals surface area contributed by atoms with E-state index in [2.05, 4.69) is 15.3 Å². The van der Waals surface area contributed by atoms with Crippen LogP contribution in [0.4, 0.5) is 19.0 Å². The Morgan fingerprint density at radius 1 is 1.16 bits per heavy atom. The van der Waals surface area contributed by atoms with E-state index in [0.29, 0.717) is 17.2 Å². The van der Waals surface area contributed by atoms with Crippen LogP contribution in [0.1, 0.15) is 38.6 Å². The molecule has 0 bridgehead atoms. The van der Waals surface area contributed by atoms with Crippen molar-refractivity contribution in [3.05, 3.63) is 16.5 Å². The summed E-state index contributed by atoms with van der Waals surface area (Å²) < 4.78 is 36.3. The minimum absolute atomic E-state index is 0.235. The van der Waals surface area contributed by atoms with Crippen LogP contribution in [0.5, 0.6) is 0 Å². The molecule has 1 N–H and O–H groups in total. The molecule has 108 valence electrons. The molecule has 1 aromatic heterocycles. The molecule has 0 unspecified atom stereocenters. The molecule has 0 saturated heterocycles. The normalized spacial score (nSPS) is 12.6. The van der Waals surface area contributed by atoms with Crippen molar-refractivity contribution in [3.63, 3.8) is 0 Å². The van der Waals surface area contributed by atoms with Gasteiger partial charge < -0.3 is 5.32 Å². The molecule has 0 saturated carbocycles. The molecule has 0 atom stereocenters. The summed E-state index contributed by atoms with van der Waals surface area (Å²) >= 11 is 5.98. The van der Waals surface area contributed by atoms with E-state index < -0.39 is 12.6 Å². The standard InChI is InChI=1S/C12H17ClF3N3/c1-7-8(13)18-10(11(2,3)4)19-9(7)17-6-5-12(14,15)16/h5-6H2,1-4H3,(H,17,18,19). The average molecular weight is 296 g/mol. The zero-order chi connectivity index (χ0) is 14.8. The molecule has 1 aromatic rings. The Morgan fingerprint density at radius 3 is 2.21 bits per heavy atom. The van der Waals surface area contributed by atoms with E-state index in [1.165, 1.54) is 0 Å². The van der Waals surface area contributed by atoms with Crippen LogP contribution in [0, 0.1) is 6.92 Å². The molecule has 0 aliphatic rings. The summed E-state index contributed by atoms with van der Waals surface area (Å²) in [7, 11) is 0. The van der Waals surface area contributed by atoms with Crippen LogP contribution >= 0.6 is 11.6 Å². The molecule has 0 fully saturated rings. The van der Waals surface area contributed by atoms with Crippen molar-refractivity contribution in [1.29, 1.82) is 0 Å². The fourth-order valence-corrected chi connectivity index (χ4v) is 1.49. The molecule has 3 nitrogen and oxygen atoms in total. The minimum Gasteiger partial charge on any atom is -0.369 e. The van der Waals surface area contributed by atoms with E-state index in [4.69, 9.17) is 11.6 Å². The highest BCUT2D eigenvalue weighted by Crippen LogP contribution is 2.26. The van der Waals surface area contributed by atoms with E-state index in [1.807, 2.05) is 20.8 Å². The summed E-state index contributed by atoms with van der Waals surface area (Å²) in [6.07, 6.45) is -5.11. The number of halogens is 4. The molecule has 19 heavy (non-hydrogen) atoms. The zero-order valence-electron chi connectivity index (χ0n) is 11.3. The second kappa shape index (κ2) is 5.53. The number of alkyl halides is 3. The quantitative estimate of drug-likeness (QED) is 0.853. The smallest absolute Gasteiger partial charge is 0.369 e. The number of aromatic nitrogens is 2. The predicted octanol–water partition coefficient (Wildman–Crippen LogP) is 4.10. The Bertz CT molecular complexity index is 453. The number of anilines is 1. The first-order valence-corrected chi connectivity index (χ1v) is 6.24. The molecule has 0 aliphatic heterocycles. The monoisotopic (exact) mass is 295 g/mol. The van der Waals surface area contributed by atoms with Gasteiger partial charge in [-0.25, -0.2) is 9.97 Å². The third kappa shape index (κ3) is 4.86. The van der Waals surface area contributed by atoms with E-state index in [1.54, 1.807) is 6.92 Å². The van der Waals surface area contributed by atoms with Crippen molar-refractivity contribution in [2.45, 2.75) is 45.7 Å². The van der Waals surface area contributed by atoms with Crippen LogP contribution in [0.15, 0.2) is 0 Å².